The number of nitrogens with zero attached hydrogens (tertiary/aromatic N) is 1. The molecule has 6 nitrogen and oxygen atoms in total. The van der Waals surface area contributed by atoms with E-state index in [0.29, 0.717) is 6.42 Å². The maximum Gasteiger partial charge on any atom is 0.327 e. The monoisotopic (exact) mass is 377 g/mol. The zero-order valence-electron chi connectivity index (χ0n) is 11.5. The molecule has 1 aliphatic heterocycles. The Morgan fingerprint density at radius 2 is 2.05 bits per heavy atom. The lowest BCUT2D eigenvalue weighted by Crippen LogP contribution is -2.55. The van der Waals surface area contributed by atoms with Crippen LogP contribution in [-0.2, 0) is 19.6 Å². The molecule has 1 fully saturated rings. The van der Waals surface area contributed by atoms with Gasteiger partial charge in [-0.15, -0.1) is 0 Å². The molecule has 0 spiro atoms. The molecule has 1 aliphatic rings. The highest BCUT2D eigenvalue weighted by Crippen LogP contribution is 2.35. The molecule has 1 unspecified atom stereocenters. The van der Waals surface area contributed by atoms with Crippen molar-refractivity contribution < 1.29 is 23.1 Å². The van der Waals surface area contributed by atoms with E-state index in [1.807, 2.05) is 0 Å². The van der Waals surface area contributed by atoms with Gasteiger partial charge in [-0.25, -0.2) is 8.42 Å². The summed E-state index contributed by atoms with van der Waals surface area (Å²) >= 11 is 3.24. The van der Waals surface area contributed by atoms with E-state index in [0.717, 1.165) is 8.78 Å². The molecule has 1 atom stereocenters. The predicted molar refractivity (Wildman–Crippen MR) is 79.5 cm³/mol. The summed E-state index contributed by atoms with van der Waals surface area (Å²) in [5, 5.41) is 9.53. The van der Waals surface area contributed by atoms with Crippen LogP contribution in [0.25, 0.3) is 0 Å². The van der Waals surface area contributed by atoms with E-state index < -0.39 is 21.5 Å². The van der Waals surface area contributed by atoms with Gasteiger partial charge in [0, 0.05) is 18.1 Å². The first-order chi connectivity index (χ1) is 9.84. The third-order valence-electron chi connectivity index (χ3n) is 3.61. The van der Waals surface area contributed by atoms with Crippen LogP contribution in [0.1, 0.15) is 12.8 Å². The van der Waals surface area contributed by atoms with Crippen LogP contribution in [-0.4, -0.2) is 49.6 Å². The highest BCUT2D eigenvalue weighted by molar-refractivity contribution is 9.10. The molecule has 0 aromatic heterocycles. The normalized spacial score (nSPS) is 23.3. The molecule has 1 aromatic rings. The molecule has 21 heavy (non-hydrogen) atoms. The van der Waals surface area contributed by atoms with Gasteiger partial charge in [0.25, 0.3) is 0 Å². The van der Waals surface area contributed by atoms with Crippen LogP contribution < -0.4 is 0 Å². The van der Waals surface area contributed by atoms with Gasteiger partial charge in [0.15, 0.2) is 5.54 Å². The van der Waals surface area contributed by atoms with Crippen LogP contribution in [0.3, 0.4) is 0 Å². The second-order valence-corrected chi connectivity index (χ2v) is 7.68. The van der Waals surface area contributed by atoms with Crippen molar-refractivity contribution in [1.29, 1.82) is 0 Å². The standard InChI is InChI=1S/C13H16BrNO5S/c1-20-9-13(12(16)17)7-2-8-15(13)21(18,19)11-5-3-10(14)4-6-11/h3-6H,2,7-9H2,1H3,(H,16,17). The number of aliphatic carboxylic acids is 1. The lowest BCUT2D eigenvalue weighted by atomic mass is 9.99. The molecule has 0 amide bonds. The van der Waals surface area contributed by atoms with Crippen LogP contribution >= 0.6 is 15.9 Å². The van der Waals surface area contributed by atoms with Crippen LogP contribution in [0, 0.1) is 0 Å². The largest absolute Gasteiger partial charge is 0.480 e. The first kappa shape index (κ1) is 16.4. The van der Waals surface area contributed by atoms with Crippen molar-refractivity contribution in [2.24, 2.45) is 0 Å². The first-order valence-electron chi connectivity index (χ1n) is 6.35. The second-order valence-electron chi connectivity index (χ2n) is 4.90. The number of hydrogen-bond acceptors (Lipinski definition) is 4. The minimum Gasteiger partial charge on any atom is -0.480 e. The van der Waals surface area contributed by atoms with Crippen LogP contribution in [0.5, 0.6) is 0 Å². The number of carbonyl (C=O) groups is 1. The molecule has 0 radical (unpaired) electrons. The van der Waals surface area contributed by atoms with Crippen molar-refractivity contribution in [1.82, 2.24) is 4.31 Å². The summed E-state index contributed by atoms with van der Waals surface area (Å²) in [7, 11) is -2.51. The summed E-state index contributed by atoms with van der Waals surface area (Å²) < 4.78 is 32.2. The lowest BCUT2D eigenvalue weighted by molar-refractivity contribution is -0.150. The van der Waals surface area contributed by atoms with E-state index in [9.17, 15) is 18.3 Å². The van der Waals surface area contributed by atoms with Crippen molar-refractivity contribution in [3.63, 3.8) is 0 Å². The van der Waals surface area contributed by atoms with Gasteiger partial charge in [-0.05, 0) is 37.1 Å². The summed E-state index contributed by atoms with van der Waals surface area (Å²) in [5.41, 5.74) is -1.53. The zero-order valence-corrected chi connectivity index (χ0v) is 13.9. The number of hydrogen-bond donors (Lipinski definition) is 1. The number of rotatable bonds is 5. The van der Waals surface area contributed by atoms with Gasteiger partial charge in [-0.1, -0.05) is 15.9 Å². The Labute approximate surface area is 131 Å². The highest BCUT2D eigenvalue weighted by Gasteiger charge is 2.53. The van der Waals surface area contributed by atoms with E-state index in [2.05, 4.69) is 15.9 Å². The Balaban J connectivity index is 2.47. The number of ether oxygens (including phenoxy) is 1. The Bertz CT molecular complexity index is 630. The van der Waals surface area contributed by atoms with Crippen LogP contribution in [0.2, 0.25) is 0 Å². The smallest absolute Gasteiger partial charge is 0.327 e. The number of carboxylic acids is 1. The number of methoxy groups -OCH3 is 1. The Hall–Kier alpha value is -0.960. The van der Waals surface area contributed by atoms with Gasteiger partial charge in [-0.3, -0.25) is 4.79 Å². The van der Waals surface area contributed by atoms with Gasteiger partial charge in [-0.2, -0.15) is 4.31 Å². The Morgan fingerprint density at radius 3 is 2.57 bits per heavy atom. The molecule has 8 heteroatoms. The summed E-state index contributed by atoms with van der Waals surface area (Å²) in [6, 6.07) is 6.14. The molecule has 1 heterocycles. The van der Waals surface area contributed by atoms with Crippen molar-refractivity contribution in [2.45, 2.75) is 23.3 Å². The minimum atomic E-state index is -3.88. The fourth-order valence-electron chi connectivity index (χ4n) is 2.60. The molecular formula is C13H16BrNO5S. The Kier molecular flexibility index (Phi) is 4.72. The number of benzene rings is 1. The maximum absolute atomic E-state index is 12.7. The van der Waals surface area contributed by atoms with E-state index in [1.54, 1.807) is 12.1 Å². The molecule has 0 bridgehead atoms. The van der Waals surface area contributed by atoms with Crippen LogP contribution in [0.4, 0.5) is 0 Å². The molecule has 1 N–H and O–H groups in total. The minimum absolute atomic E-state index is 0.0781. The topological polar surface area (TPSA) is 83.9 Å². The summed E-state index contributed by atoms with van der Waals surface area (Å²) in [6.07, 6.45) is 0.733. The second kappa shape index (κ2) is 6.04. The molecule has 1 aromatic carbocycles. The Morgan fingerprint density at radius 1 is 1.43 bits per heavy atom. The van der Waals surface area contributed by atoms with Crippen molar-refractivity contribution >= 4 is 31.9 Å². The van der Waals surface area contributed by atoms with Gasteiger partial charge in [0.2, 0.25) is 10.0 Å². The summed E-state index contributed by atoms with van der Waals surface area (Å²) in [5.74, 6) is -1.18. The van der Waals surface area contributed by atoms with Gasteiger partial charge < -0.3 is 9.84 Å². The molecule has 2 rings (SSSR count). The SMILES string of the molecule is COCC1(C(=O)O)CCCN1S(=O)(=O)c1ccc(Br)cc1. The number of carboxylic acid groups (broad SMARTS) is 1. The average molecular weight is 378 g/mol. The van der Waals surface area contributed by atoms with Crippen molar-refractivity contribution in [2.75, 3.05) is 20.3 Å². The molecule has 0 saturated carbocycles. The summed E-state index contributed by atoms with van der Waals surface area (Å²) in [4.78, 5) is 11.7. The highest BCUT2D eigenvalue weighted by atomic mass is 79.9. The molecule has 0 aliphatic carbocycles. The molecular weight excluding hydrogens is 362 g/mol. The van der Waals surface area contributed by atoms with E-state index in [1.165, 1.54) is 19.2 Å². The van der Waals surface area contributed by atoms with Crippen molar-refractivity contribution in [3.05, 3.63) is 28.7 Å². The maximum atomic E-state index is 12.7. The van der Waals surface area contributed by atoms with E-state index in [4.69, 9.17) is 4.74 Å². The number of halogens is 1. The zero-order chi connectivity index (χ0) is 15.7. The average Bonchev–Trinajstić information content (AvgIpc) is 2.85. The molecule has 1 saturated heterocycles. The summed E-state index contributed by atoms with van der Waals surface area (Å²) in [6.45, 7) is 0.00610. The van der Waals surface area contributed by atoms with Gasteiger partial charge >= 0.3 is 5.97 Å². The third kappa shape index (κ3) is 2.85. The third-order valence-corrected chi connectivity index (χ3v) is 6.12. The van der Waals surface area contributed by atoms with Crippen LogP contribution in [0.15, 0.2) is 33.6 Å². The fraction of sp³-hybridized carbons (Fsp3) is 0.462. The predicted octanol–water partition coefficient (Wildman–Crippen LogP) is 1.70. The fourth-order valence-corrected chi connectivity index (χ4v) is 4.65. The number of sulfonamides is 1. The first-order valence-corrected chi connectivity index (χ1v) is 8.59. The lowest BCUT2D eigenvalue weighted by Gasteiger charge is -2.33. The van der Waals surface area contributed by atoms with E-state index >= 15 is 0 Å². The van der Waals surface area contributed by atoms with E-state index in [-0.39, 0.29) is 24.5 Å². The van der Waals surface area contributed by atoms with Crippen molar-refractivity contribution in [3.8, 4) is 0 Å². The quantitative estimate of drug-likeness (QED) is 0.843. The van der Waals surface area contributed by atoms with Gasteiger partial charge in [0.05, 0.1) is 11.5 Å². The molecule has 116 valence electrons. The van der Waals surface area contributed by atoms with Gasteiger partial charge in [0.1, 0.15) is 0 Å².